The van der Waals surface area contributed by atoms with Crippen LogP contribution in [0.4, 0.5) is 4.39 Å². The highest BCUT2D eigenvalue weighted by Crippen LogP contribution is 2.30. The zero-order chi connectivity index (χ0) is 13.6. The van der Waals surface area contributed by atoms with Gasteiger partial charge in [-0.3, -0.25) is 4.79 Å². The van der Waals surface area contributed by atoms with E-state index < -0.39 is 17.2 Å². The molecule has 4 nitrogen and oxygen atoms in total. The van der Waals surface area contributed by atoms with E-state index in [4.69, 9.17) is 15.6 Å². The molecule has 1 unspecified atom stereocenters. The van der Waals surface area contributed by atoms with E-state index in [2.05, 4.69) is 0 Å². The number of hydrogen-bond acceptors (Lipinski definition) is 4. The van der Waals surface area contributed by atoms with E-state index in [-0.39, 0.29) is 13.2 Å². The second-order valence-electron chi connectivity index (χ2n) is 4.12. The third-order valence-corrected chi connectivity index (χ3v) is 3.06. The largest absolute Gasteiger partial charge is 0.468 e. The Morgan fingerprint density at radius 2 is 2.28 bits per heavy atom. The fraction of sp³-hybridized carbons (Fsp3) is 0.462. The van der Waals surface area contributed by atoms with Gasteiger partial charge in [0.15, 0.2) is 0 Å². The second-order valence-corrected chi connectivity index (χ2v) is 4.12. The van der Waals surface area contributed by atoms with Crippen LogP contribution in [-0.2, 0) is 14.9 Å². The van der Waals surface area contributed by atoms with E-state index in [1.165, 1.54) is 25.3 Å². The number of carbonyl (C=O) groups is 1. The smallest absolute Gasteiger partial charge is 0.317 e. The first-order chi connectivity index (χ1) is 8.60. The van der Waals surface area contributed by atoms with E-state index in [1.54, 1.807) is 6.07 Å². The fourth-order valence-corrected chi connectivity index (χ4v) is 2.03. The fourth-order valence-electron chi connectivity index (χ4n) is 2.03. The first-order valence-electron chi connectivity index (χ1n) is 5.76. The molecule has 0 aliphatic carbocycles. The van der Waals surface area contributed by atoms with Gasteiger partial charge < -0.3 is 15.6 Å². The molecule has 0 radical (unpaired) electrons. The number of carbonyl (C=O) groups excluding carboxylic acids is 1. The van der Waals surface area contributed by atoms with Crippen LogP contribution in [0.15, 0.2) is 24.3 Å². The van der Waals surface area contributed by atoms with Gasteiger partial charge in [-0.05, 0) is 30.5 Å². The predicted molar refractivity (Wildman–Crippen MR) is 65.5 cm³/mol. The molecule has 0 bridgehead atoms. The SMILES string of the molecule is COC(=O)C(CN)(CCCO)c1cccc(F)c1. The van der Waals surface area contributed by atoms with E-state index in [9.17, 15) is 9.18 Å². The van der Waals surface area contributed by atoms with Crippen molar-refractivity contribution in [1.82, 2.24) is 0 Å². The maximum absolute atomic E-state index is 13.3. The van der Waals surface area contributed by atoms with Crippen LogP contribution in [0, 0.1) is 5.82 Å². The molecule has 0 aliphatic rings. The summed E-state index contributed by atoms with van der Waals surface area (Å²) in [5.74, 6) is -0.942. The molecule has 0 saturated carbocycles. The van der Waals surface area contributed by atoms with Crippen molar-refractivity contribution in [3.63, 3.8) is 0 Å². The van der Waals surface area contributed by atoms with Crippen molar-refractivity contribution in [2.45, 2.75) is 18.3 Å². The summed E-state index contributed by atoms with van der Waals surface area (Å²) in [6.45, 7) is -0.0583. The molecule has 0 amide bonds. The van der Waals surface area contributed by atoms with Crippen LogP contribution in [0.25, 0.3) is 0 Å². The van der Waals surface area contributed by atoms with E-state index in [0.29, 0.717) is 18.4 Å². The number of benzene rings is 1. The molecule has 0 fully saturated rings. The highest BCUT2D eigenvalue weighted by atomic mass is 19.1. The molecule has 0 spiro atoms. The van der Waals surface area contributed by atoms with Crippen LogP contribution in [0.1, 0.15) is 18.4 Å². The summed E-state index contributed by atoms with van der Waals surface area (Å²) >= 11 is 0. The zero-order valence-electron chi connectivity index (χ0n) is 10.4. The molecule has 5 heteroatoms. The van der Waals surface area contributed by atoms with Gasteiger partial charge >= 0.3 is 5.97 Å². The summed E-state index contributed by atoms with van der Waals surface area (Å²) in [5, 5.41) is 8.91. The molecule has 3 N–H and O–H groups in total. The number of aliphatic hydroxyl groups is 1. The summed E-state index contributed by atoms with van der Waals surface area (Å²) in [6, 6.07) is 5.75. The van der Waals surface area contributed by atoms with Gasteiger partial charge in [-0.1, -0.05) is 12.1 Å². The van der Waals surface area contributed by atoms with E-state index in [0.717, 1.165) is 0 Å². The average Bonchev–Trinajstić information content (AvgIpc) is 2.39. The molecule has 1 rings (SSSR count). The third kappa shape index (κ3) is 2.86. The van der Waals surface area contributed by atoms with Gasteiger partial charge in [0.1, 0.15) is 11.2 Å². The van der Waals surface area contributed by atoms with Crippen LogP contribution < -0.4 is 5.73 Å². The minimum Gasteiger partial charge on any atom is -0.468 e. The highest BCUT2D eigenvalue weighted by Gasteiger charge is 2.39. The average molecular weight is 255 g/mol. The molecule has 18 heavy (non-hydrogen) atoms. The number of hydrogen-bond donors (Lipinski definition) is 2. The zero-order valence-corrected chi connectivity index (χ0v) is 10.4. The quantitative estimate of drug-likeness (QED) is 0.743. The monoisotopic (exact) mass is 255 g/mol. The van der Waals surface area contributed by atoms with Crippen LogP contribution >= 0.6 is 0 Å². The number of ether oxygens (including phenoxy) is 1. The second kappa shape index (κ2) is 6.47. The molecule has 100 valence electrons. The van der Waals surface area contributed by atoms with Gasteiger partial charge in [0, 0.05) is 13.2 Å². The van der Waals surface area contributed by atoms with Crippen molar-refractivity contribution in [1.29, 1.82) is 0 Å². The Kier molecular flexibility index (Phi) is 5.25. The number of methoxy groups -OCH3 is 1. The molecule has 1 aromatic carbocycles. The lowest BCUT2D eigenvalue weighted by Gasteiger charge is -2.30. The molecule has 0 heterocycles. The maximum Gasteiger partial charge on any atom is 0.317 e. The Morgan fingerprint density at radius 3 is 2.78 bits per heavy atom. The molecule has 0 aliphatic heterocycles. The molecule has 0 aromatic heterocycles. The minimum absolute atomic E-state index is 0.00310. The van der Waals surface area contributed by atoms with Crippen LogP contribution in [0.3, 0.4) is 0 Å². The van der Waals surface area contributed by atoms with Crippen LogP contribution in [-0.4, -0.2) is 31.3 Å². The Balaban J connectivity index is 3.20. The van der Waals surface area contributed by atoms with E-state index >= 15 is 0 Å². The summed E-state index contributed by atoms with van der Waals surface area (Å²) in [4.78, 5) is 12.0. The molecular weight excluding hydrogens is 237 g/mol. The van der Waals surface area contributed by atoms with Crippen molar-refractivity contribution >= 4 is 5.97 Å². The van der Waals surface area contributed by atoms with Gasteiger partial charge in [-0.2, -0.15) is 0 Å². The highest BCUT2D eigenvalue weighted by molar-refractivity contribution is 5.83. The summed E-state index contributed by atoms with van der Waals surface area (Å²) < 4.78 is 18.1. The molecule has 1 aromatic rings. The lowest BCUT2D eigenvalue weighted by Crippen LogP contribution is -2.44. The van der Waals surface area contributed by atoms with Crippen molar-refractivity contribution in [2.24, 2.45) is 5.73 Å². The minimum atomic E-state index is -1.10. The number of esters is 1. The lowest BCUT2D eigenvalue weighted by atomic mass is 9.76. The van der Waals surface area contributed by atoms with Crippen molar-refractivity contribution in [3.05, 3.63) is 35.6 Å². The Bertz CT molecular complexity index is 411. The first kappa shape index (κ1) is 14.6. The summed E-state index contributed by atoms with van der Waals surface area (Å²) in [6.07, 6.45) is 0.707. The Labute approximate surface area is 106 Å². The van der Waals surface area contributed by atoms with Crippen molar-refractivity contribution in [3.8, 4) is 0 Å². The first-order valence-corrected chi connectivity index (χ1v) is 5.76. The van der Waals surface area contributed by atoms with Gasteiger partial charge in [0.25, 0.3) is 0 Å². The number of rotatable bonds is 6. The standard InChI is InChI=1S/C13H18FNO3/c1-18-12(17)13(9-15,6-3-7-16)10-4-2-5-11(14)8-10/h2,4-5,8,16H,3,6-7,9,15H2,1H3. The topological polar surface area (TPSA) is 72.5 Å². The molecule has 1 atom stereocenters. The summed E-state index contributed by atoms with van der Waals surface area (Å²) in [7, 11) is 1.27. The van der Waals surface area contributed by atoms with E-state index in [1.807, 2.05) is 0 Å². The number of nitrogens with two attached hydrogens (primary N) is 1. The lowest BCUT2D eigenvalue weighted by molar-refractivity contribution is -0.147. The molecule has 0 saturated heterocycles. The third-order valence-electron chi connectivity index (χ3n) is 3.06. The Morgan fingerprint density at radius 1 is 1.56 bits per heavy atom. The Hall–Kier alpha value is -1.46. The predicted octanol–water partition coefficient (Wildman–Crippen LogP) is 0.968. The van der Waals surface area contributed by atoms with Gasteiger partial charge in [0.2, 0.25) is 0 Å². The van der Waals surface area contributed by atoms with Gasteiger partial charge in [0.05, 0.1) is 7.11 Å². The van der Waals surface area contributed by atoms with Gasteiger partial charge in [-0.25, -0.2) is 4.39 Å². The van der Waals surface area contributed by atoms with Crippen molar-refractivity contribution in [2.75, 3.05) is 20.3 Å². The number of aliphatic hydroxyl groups excluding tert-OH is 1. The van der Waals surface area contributed by atoms with Crippen molar-refractivity contribution < 1.29 is 19.0 Å². The van der Waals surface area contributed by atoms with Crippen LogP contribution in [0.2, 0.25) is 0 Å². The number of halogens is 1. The van der Waals surface area contributed by atoms with Gasteiger partial charge in [-0.15, -0.1) is 0 Å². The maximum atomic E-state index is 13.3. The summed E-state index contributed by atoms with van der Waals surface area (Å²) in [5.41, 5.74) is 5.08. The molecular formula is C13H18FNO3. The van der Waals surface area contributed by atoms with Crippen LogP contribution in [0.5, 0.6) is 0 Å². The normalized spacial score (nSPS) is 14.0.